The SMILES string of the molecule is Cc1ccc(NC(=O)CN2C(=O)SC(=CC=Cc3ccccc3)C2=O)c(C)c1. The van der Waals surface area contributed by atoms with Gasteiger partial charge in [0.15, 0.2) is 0 Å². The Balaban J connectivity index is 1.64. The normalized spacial score (nSPS) is 15.6. The van der Waals surface area contributed by atoms with Crippen molar-refractivity contribution < 1.29 is 14.4 Å². The molecule has 0 atom stereocenters. The number of nitrogens with zero attached hydrogens (tertiary/aromatic N) is 1. The van der Waals surface area contributed by atoms with Gasteiger partial charge in [0.1, 0.15) is 6.54 Å². The summed E-state index contributed by atoms with van der Waals surface area (Å²) in [6.45, 7) is 3.56. The van der Waals surface area contributed by atoms with E-state index in [1.165, 1.54) is 0 Å². The van der Waals surface area contributed by atoms with Crippen molar-refractivity contribution in [3.05, 3.63) is 82.3 Å². The molecule has 1 aliphatic rings. The summed E-state index contributed by atoms with van der Waals surface area (Å²) < 4.78 is 0. The smallest absolute Gasteiger partial charge is 0.294 e. The summed E-state index contributed by atoms with van der Waals surface area (Å²) in [5.41, 5.74) is 3.68. The van der Waals surface area contributed by atoms with Crippen LogP contribution in [0.4, 0.5) is 10.5 Å². The van der Waals surface area contributed by atoms with Crippen molar-refractivity contribution in [3.8, 4) is 0 Å². The van der Waals surface area contributed by atoms with Crippen molar-refractivity contribution in [2.24, 2.45) is 0 Å². The Hall–Kier alpha value is -3.12. The maximum Gasteiger partial charge on any atom is 0.294 e. The standard InChI is InChI=1S/C22H20N2O3S/c1-15-11-12-18(16(2)13-15)23-20(25)14-24-21(26)19(28-22(24)27)10-6-9-17-7-4-3-5-8-17/h3-13H,14H2,1-2H3,(H,23,25). The van der Waals surface area contributed by atoms with Crippen LogP contribution in [0.1, 0.15) is 16.7 Å². The number of nitrogens with one attached hydrogen (secondary N) is 1. The van der Waals surface area contributed by atoms with Crippen molar-refractivity contribution in [2.75, 3.05) is 11.9 Å². The molecule has 1 heterocycles. The van der Waals surface area contributed by atoms with Gasteiger partial charge in [0.2, 0.25) is 5.91 Å². The van der Waals surface area contributed by atoms with Crippen molar-refractivity contribution in [1.82, 2.24) is 4.90 Å². The Morgan fingerprint density at radius 2 is 1.86 bits per heavy atom. The van der Waals surface area contributed by atoms with Gasteiger partial charge in [-0.05, 0) is 48.9 Å². The van der Waals surface area contributed by atoms with Gasteiger partial charge in [0.05, 0.1) is 4.91 Å². The molecule has 0 saturated carbocycles. The molecule has 1 fully saturated rings. The van der Waals surface area contributed by atoms with Gasteiger partial charge < -0.3 is 5.32 Å². The van der Waals surface area contributed by atoms with Crippen LogP contribution in [0.5, 0.6) is 0 Å². The van der Waals surface area contributed by atoms with Crippen molar-refractivity contribution in [1.29, 1.82) is 0 Å². The number of carbonyl (C=O) groups is 3. The maximum absolute atomic E-state index is 12.5. The second-order valence-electron chi connectivity index (χ2n) is 6.43. The molecule has 0 aliphatic carbocycles. The zero-order valence-corrected chi connectivity index (χ0v) is 16.5. The number of thioether (sulfide) groups is 1. The molecule has 2 aromatic carbocycles. The average Bonchev–Trinajstić information content (AvgIpc) is 2.92. The molecule has 28 heavy (non-hydrogen) atoms. The lowest BCUT2D eigenvalue weighted by atomic mass is 10.1. The van der Waals surface area contributed by atoms with Crippen LogP contribution in [0.3, 0.4) is 0 Å². The quantitative estimate of drug-likeness (QED) is 0.759. The van der Waals surface area contributed by atoms with Gasteiger partial charge in [-0.25, -0.2) is 0 Å². The molecule has 0 aromatic heterocycles. The third kappa shape index (κ3) is 4.78. The minimum atomic E-state index is -0.455. The van der Waals surface area contributed by atoms with Gasteiger partial charge >= 0.3 is 0 Å². The summed E-state index contributed by atoms with van der Waals surface area (Å²) in [6.07, 6.45) is 5.17. The maximum atomic E-state index is 12.5. The molecule has 0 unspecified atom stereocenters. The number of benzene rings is 2. The summed E-state index contributed by atoms with van der Waals surface area (Å²) >= 11 is 0.838. The highest BCUT2D eigenvalue weighted by Gasteiger charge is 2.35. The highest BCUT2D eigenvalue weighted by Crippen LogP contribution is 2.30. The number of imide groups is 1. The van der Waals surface area contributed by atoms with E-state index in [-0.39, 0.29) is 6.54 Å². The lowest BCUT2D eigenvalue weighted by molar-refractivity contribution is -0.127. The van der Waals surface area contributed by atoms with Crippen LogP contribution < -0.4 is 5.32 Å². The van der Waals surface area contributed by atoms with E-state index in [9.17, 15) is 14.4 Å². The molecule has 1 saturated heterocycles. The lowest BCUT2D eigenvalue weighted by Crippen LogP contribution is -2.36. The summed E-state index contributed by atoms with van der Waals surface area (Å²) in [6, 6.07) is 15.3. The van der Waals surface area contributed by atoms with Crippen molar-refractivity contribution in [2.45, 2.75) is 13.8 Å². The predicted molar refractivity (Wildman–Crippen MR) is 113 cm³/mol. The van der Waals surface area contributed by atoms with E-state index in [1.807, 2.05) is 68.5 Å². The Morgan fingerprint density at radius 3 is 2.57 bits per heavy atom. The van der Waals surface area contributed by atoms with Crippen LogP contribution in [0.25, 0.3) is 6.08 Å². The fourth-order valence-corrected chi connectivity index (χ4v) is 3.54. The van der Waals surface area contributed by atoms with E-state index in [0.717, 1.165) is 33.4 Å². The third-order valence-corrected chi connectivity index (χ3v) is 5.09. The first-order valence-electron chi connectivity index (χ1n) is 8.78. The van der Waals surface area contributed by atoms with Gasteiger partial charge in [0.25, 0.3) is 11.1 Å². The number of aryl methyl sites for hydroxylation is 2. The van der Waals surface area contributed by atoms with E-state index in [0.29, 0.717) is 10.6 Å². The lowest BCUT2D eigenvalue weighted by Gasteiger charge is -2.13. The molecule has 142 valence electrons. The number of hydrogen-bond donors (Lipinski definition) is 1. The van der Waals surface area contributed by atoms with Gasteiger partial charge in [-0.2, -0.15) is 0 Å². The van der Waals surface area contributed by atoms with Crippen LogP contribution in [-0.4, -0.2) is 28.5 Å². The second kappa shape index (κ2) is 8.71. The highest BCUT2D eigenvalue weighted by molar-refractivity contribution is 8.18. The topological polar surface area (TPSA) is 66.5 Å². The fourth-order valence-electron chi connectivity index (χ4n) is 2.75. The largest absolute Gasteiger partial charge is 0.324 e. The fraction of sp³-hybridized carbons (Fsp3) is 0.136. The number of hydrogen-bond acceptors (Lipinski definition) is 4. The Kier molecular flexibility index (Phi) is 6.11. The first kappa shape index (κ1) is 19.6. The first-order chi connectivity index (χ1) is 13.4. The third-order valence-electron chi connectivity index (χ3n) is 4.17. The second-order valence-corrected chi connectivity index (χ2v) is 7.42. The van der Waals surface area contributed by atoms with E-state index in [2.05, 4.69) is 5.32 Å². The minimum Gasteiger partial charge on any atom is -0.324 e. The molecule has 3 rings (SSSR count). The number of anilines is 1. The van der Waals surface area contributed by atoms with Crippen LogP contribution in [-0.2, 0) is 9.59 Å². The van der Waals surface area contributed by atoms with E-state index in [4.69, 9.17) is 0 Å². The van der Waals surface area contributed by atoms with Crippen molar-refractivity contribution in [3.63, 3.8) is 0 Å². The molecule has 0 radical (unpaired) electrons. The predicted octanol–water partition coefficient (Wildman–Crippen LogP) is 4.53. The number of carbonyl (C=O) groups excluding carboxylic acids is 3. The molecule has 2 aromatic rings. The minimum absolute atomic E-state index is 0.302. The highest BCUT2D eigenvalue weighted by atomic mass is 32.2. The van der Waals surface area contributed by atoms with Gasteiger partial charge in [0, 0.05) is 5.69 Å². The molecular weight excluding hydrogens is 372 g/mol. The molecular formula is C22H20N2O3S. The first-order valence-corrected chi connectivity index (χ1v) is 9.60. The molecule has 3 amide bonds. The summed E-state index contributed by atoms with van der Waals surface area (Å²) in [5.74, 6) is -0.862. The van der Waals surface area contributed by atoms with Crippen LogP contribution in [0, 0.1) is 13.8 Å². The van der Waals surface area contributed by atoms with Gasteiger partial charge in [-0.3, -0.25) is 19.3 Å². The van der Waals surface area contributed by atoms with Crippen molar-refractivity contribution >= 4 is 40.6 Å². The molecule has 0 spiro atoms. The van der Waals surface area contributed by atoms with Crippen LogP contribution in [0.15, 0.2) is 65.6 Å². The van der Waals surface area contributed by atoms with E-state index >= 15 is 0 Å². The Labute approximate surface area is 168 Å². The zero-order chi connectivity index (χ0) is 20.1. The summed E-state index contributed by atoms with van der Waals surface area (Å²) in [5, 5.41) is 2.31. The number of amides is 3. The van der Waals surface area contributed by atoms with Gasteiger partial charge in [-0.15, -0.1) is 0 Å². The zero-order valence-electron chi connectivity index (χ0n) is 15.6. The van der Waals surface area contributed by atoms with E-state index in [1.54, 1.807) is 12.2 Å². The van der Waals surface area contributed by atoms with Crippen LogP contribution in [0.2, 0.25) is 0 Å². The number of allylic oxidation sites excluding steroid dienone is 2. The molecule has 1 N–H and O–H groups in total. The molecule has 1 aliphatic heterocycles. The monoisotopic (exact) mass is 392 g/mol. The Bertz CT molecular complexity index is 981. The summed E-state index contributed by atoms with van der Waals surface area (Å²) in [7, 11) is 0. The molecule has 5 nitrogen and oxygen atoms in total. The van der Waals surface area contributed by atoms with Crippen LogP contribution >= 0.6 is 11.8 Å². The molecule has 6 heteroatoms. The van der Waals surface area contributed by atoms with E-state index < -0.39 is 17.1 Å². The van der Waals surface area contributed by atoms with Gasteiger partial charge in [-0.1, -0.05) is 60.2 Å². The average molecular weight is 392 g/mol. The molecule has 0 bridgehead atoms. The number of rotatable bonds is 5. The Morgan fingerprint density at radius 1 is 1.11 bits per heavy atom. The summed E-state index contributed by atoms with van der Waals surface area (Å²) in [4.78, 5) is 38.2.